The van der Waals surface area contributed by atoms with Gasteiger partial charge in [-0.05, 0) is 65.7 Å². The van der Waals surface area contributed by atoms with Crippen molar-refractivity contribution in [3.63, 3.8) is 0 Å². The molecule has 0 aliphatic carbocycles. The highest BCUT2D eigenvalue weighted by Crippen LogP contribution is 2.39. The Morgan fingerprint density at radius 3 is 1.71 bits per heavy atom. The van der Waals surface area contributed by atoms with Gasteiger partial charge in [0.25, 0.3) is 0 Å². The first-order chi connectivity index (χ1) is 27.6. The van der Waals surface area contributed by atoms with Crippen LogP contribution in [0.1, 0.15) is 16.7 Å². The molecule has 266 valence electrons. The number of nitrogens with zero attached hydrogens (tertiary/aromatic N) is 3. The van der Waals surface area contributed by atoms with Gasteiger partial charge in [-0.1, -0.05) is 121 Å². The van der Waals surface area contributed by atoms with E-state index in [4.69, 9.17) is 29.5 Å². The van der Waals surface area contributed by atoms with Crippen LogP contribution in [0.4, 0.5) is 0 Å². The molecule has 0 amide bonds. The molecule has 2 N–H and O–H groups in total. The number of nitrogens with two attached hydrogens (primary N) is 1. The van der Waals surface area contributed by atoms with Crippen LogP contribution in [0.2, 0.25) is 0 Å². The molecular weight excluding hydrogens is 689 g/mol. The Morgan fingerprint density at radius 1 is 0.482 bits per heavy atom. The highest BCUT2D eigenvalue weighted by molar-refractivity contribution is 6.18. The second-order valence-electron chi connectivity index (χ2n) is 13.8. The molecule has 0 saturated heterocycles. The van der Waals surface area contributed by atoms with Gasteiger partial charge in [-0.2, -0.15) is 0 Å². The van der Waals surface area contributed by atoms with Crippen LogP contribution in [0.15, 0.2) is 196 Å². The van der Waals surface area contributed by atoms with Crippen LogP contribution in [0, 0.1) is 0 Å². The molecule has 0 aliphatic rings. The first-order valence-corrected chi connectivity index (χ1v) is 18.6. The molecule has 3 aromatic heterocycles. The number of aliphatic imine (C=N–C) groups is 1. The Morgan fingerprint density at radius 2 is 1.04 bits per heavy atom. The number of furan rings is 2. The number of aromatic nitrogens is 2. The molecule has 56 heavy (non-hydrogen) atoms. The quantitative estimate of drug-likeness (QED) is 0.158. The van der Waals surface area contributed by atoms with Gasteiger partial charge in [0.2, 0.25) is 0 Å². The van der Waals surface area contributed by atoms with Crippen LogP contribution in [0.3, 0.4) is 0 Å². The summed E-state index contributed by atoms with van der Waals surface area (Å²) in [5.41, 5.74) is 18.8. The van der Waals surface area contributed by atoms with E-state index in [1.807, 2.05) is 127 Å². The number of benzene rings is 7. The number of allylic oxidation sites excluding steroid dienone is 1. The SMILES string of the molecule is N/C(=C\C(=NCc1ccccc1)c1ccc2oc3cc4oc5ccc(-c6cc(-c7ccccc7)nc(-c7ccccc7)n6)cc5c4cc3c2c1)c1ccccc1. The monoisotopic (exact) mass is 722 g/mol. The number of rotatable bonds is 8. The molecule has 6 heteroatoms. The van der Waals surface area contributed by atoms with Gasteiger partial charge in [-0.25, -0.2) is 9.97 Å². The maximum Gasteiger partial charge on any atom is 0.160 e. The Kier molecular flexibility index (Phi) is 8.26. The van der Waals surface area contributed by atoms with E-state index in [2.05, 4.69) is 54.6 Å². The second kappa shape index (κ2) is 14.0. The molecular formula is C50H34N4O2. The Bertz CT molecular complexity index is 3040. The zero-order chi connectivity index (χ0) is 37.4. The lowest BCUT2D eigenvalue weighted by Crippen LogP contribution is -2.04. The molecule has 6 nitrogen and oxygen atoms in total. The molecule has 0 unspecified atom stereocenters. The Hall–Kier alpha value is -7.57. The predicted octanol–water partition coefficient (Wildman–Crippen LogP) is 12.3. The highest BCUT2D eigenvalue weighted by atomic mass is 16.3. The minimum Gasteiger partial charge on any atom is -0.456 e. The summed E-state index contributed by atoms with van der Waals surface area (Å²) >= 11 is 0. The van der Waals surface area contributed by atoms with Gasteiger partial charge < -0.3 is 14.6 Å². The molecule has 7 aromatic carbocycles. The Labute approximate surface area is 322 Å². The fraction of sp³-hybridized carbons (Fsp3) is 0.0200. The van der Waals surface area contributed by atoms with Crippen molar-refractivity contribution in [2.45, 2.75) is 6.54 Å². The van der Waals surface area contributed by atoms with Gasteiger partial charge in [-0.15, -0.1) is 0 Å². The van der Waals surface area contributed by atoms with Crippen molar-refractivity contribution in [2.75, 3.05) is 0 Å². The van der Waals surface area contributed by atoms with Crippen LogP contribution < -0.4 is 5.73 Å². The summed E-state index contributed by atoms with van der Waals surface area (Å²) in [4.78, 5) is 15.1. The van der Waals surface area contributed by atoms with E-state index in [0.29, 0.717) is 18.1 Å². The molecule has 10 rings (SSSR count). The van der Waals surface area contributed by atoms with Crippen molar-refractivity contribution in [2.24, 2.45) is 10.7 Å². The molecule has 3 heterocycles. The van der Waals surface area contributed by atoms with Crippen LogP contribution in [-0.2, 0) is 6.54 Å². The average molecular weight is 723 g/mol. The van der Waals surface area contributed by atoms with E-state index in [1.165, 1.54) is 0 Å². The molecule has 0 fully saturated rings. The van der Waals surface area contributed by atoms with Gasteiger partial charge in [0.05, 0.1) is 23.6 Å². The van der Waals surface area contributed by atoms with E-state index < -0.39 is 0 Å². The van der Waals surface area contributed by atoms with E-state index in [9.17, 15) is 0 Å². The van der Waals surface area contributed by atoms with Gasteiger partial charge in [0.15, 0.2) is 5.82 Å². The first kappa shape index (κ1) is 33.0. The van der Waals surface area contributed by atoms with E-state index in [0.717, 1.165) is 94.4 Å². The maximum atomic E-state index is 6.66. The summed E-state index contributed by atoms with van der Waals surface area (Å²) < 4.78 is 12.8. The fourth-order valence-electron chi connectivity index (χ4n) is 7.28. The van der Waals surface area contributed by atoms with Crippen LogP contribution >= 0.6 is 0 Å². The lowest BCUT2D eigenvalue weighted by atomic mass is 10.0. The van der Waals surface area contributed by atoms with Gasteiger partial charge in [0, 0.05) is 55.6 Å². The summed E-state index contributed by atoms with van der Waals surface area (Å²) in [6, 6.07) is 59.2. The molecule has 0 atom stereocenters. The molecule has 0 bridgehead atoms. The standard InChI is InChI=1S/C50H34N4O2/c51-42(33-15-7-2-8-16-33)28-43(52-31-32-13-5-1-6-14-32)36-21-23-46-38(25-36)40-27-41-39-26-37(22-24-47(39)56-49(41)30-48(40)55-46)45-29-44(34-17-9-3-10-18-34)53-50(54-45)35-19-11-4-12-20-35/h1-30H,31,51H2/b42-28-,52-43?. The Balaban J connectivity index is 1.10. The summed E-state index contributed by atoms with van der Waals surface area (Å²) in [5.74, 6) is 0.675. The summed E-state index contributed by atoms with van der Waals surface area (Å²) in [7, 11) is 0. The van der Waals surface area contributed by atoms with Crippen LogP contribution in [0.5, 0.6) is 0 Å². The summed E-state index contributed by atoms with van der Waals surface area (Å²) in [6.07, 6.45) is 1.96. The fourth-order valence-corrected chi connectivity index (χ4v) is 7.28. The van der Waals surface area contributed by atoms with Crippen molar-refractivity contribution < 1.29 is 8.83 Å². The van der Waals surface area contributed by atoms with Crippen molar-refractivity contribution in [3.8, 4) is 33.9 Å². The van der Waals surface area contributed by atoms with Crippen LogP contribution in [-0.4, -0.2) is 15.7 Å². The number of fused-ring (bicyclic) bond motifs is 6. The smallest absolute Gasteiger partial charge is 0.160 e. The van der Waals surface area contributed by atoms with Crippen molar-refractivity contribution in [1.82, 2.24) is 9.97 Å². The molecule has 0 spiro atoms. The molecule has 0 radical (unpaired) electrons. The molecule has 10 aromatic rings. The third kappa shape index (κ3) is 6.29. The summed E-state index contributed by atoms with van der Waals surface area (Å²) in [6.45, 7) is 0.523. The third-order valence-electron chi connectivity index (χ3n) is 10.2. The maximum absolute atomic E-state index is 6.66. The average Bonchev–Trinajstić information content (AvgIpc) is 3.81. The lowest BCUT2D eigenvalue weighted by molar-refractivity contribution is 0.656. The zero-order valence-electron chi connectivity index (χ0n) is 30.3. The summed E-state index contributed by atoms with van der Waals surface area (Å²) in [5, 5.41) is 3.97. The van der Waals surface area contributed by atoms with Crippen molar-refractivity contribution >= 4 is 55.3 Å². The van der Waals surface area contributed by atoms with E-state index >= 15 is 0 Å². The second-order valence-corrected chi connectivity index (χ2v) is 13.8. The predicted molar refractivity (Wildman–Crippen MR) is 228 cm³/mol. The van der Waals surface area contributed by atoms with Gasteiger partial charge in [0.1, 0.15) is 22.3 Å². The third-order valence-corrected chi connectivity index (χ3v) is 10.2. The first-order valence-electron chi connectivity index (χ1n) is 18.6. The minimum absolute atomic E-state index is 0.523. The van der Waals surface area contributed by atoms with Crippen LogP contribution in [0.25, 0.3) is 83.5 Å². The van der Waals surface area contributed by atoms with Crippen molar-refractivity contribution in [1.29, 1.82) is 0 Å². The largest absolute Gasteiger partial charge is 0.456 e. The normalized spacial score (nSPS) is 12.3. The van der Waals surface area contributed by atoms with Gasteiger partial charge in [-0.3, -0.25) is 4.99 Å². The molecule has 0 aliphatic heterocycles. The van der Waals surface area contributed by atoms with Crippen molar-refractivity contribution in [3.05, 3.63) is 199 Å². The zero-order valence-corrected chi connectivity index (χ0v) is 30.3. The van der Waals surface area contributed by atoms with E-state index in [-0.39, 0.29) is 0 Å². The topological polar surface area (TPSA) is 90.4 Å². The number of hydrogen-bond donors (Lipinski definition) is 1. The molecule has 0 saturated carbocycles. The van der Waals surface area contributed by atoms with Gasteiger partial charge >= 0.3 is 0 Å². The van der Waals surface area contributed by atoms with E-state index in [1.54, 1.807) is 0 Å². The minimum atomic E-state index is 0.523. The highest BCUT2D eigenvalue weighted by Gasteiger charge is 2.17. The lowest BCUT2D eigenvalue weighted by Gasteiger charge is -2.09. The number of hydrogen-bond acceptors (Lipinski definition) is 6.